The highest BCUT2D eigenvalue weighted by atomic mass is 16.3. The van der Waals surface area contributed by atoms with Crippen molar-refractivity contribution in [1.29, 1.82) is 0 Å². The lowest BCUT2D eigenvalue weighted by atomic mass is 10.1. The Hall–Kier alpha value is -1.12. The predicted octanol–water partition coefficient (Wildman–Crippen LogP) is 2.55. The van der Waals surface area contributed by atoms with Crippen molar-refractivity contribution >= 4 is 6.08 Å². The van der Waals surface area contributed by atoms with Gasteiger partial charge in [0.25, 0.3) is 0 Å². The fourth-order valence-corrected chi connectivity index (χ4v) is 2.41. The van der Waals surface area contributed by atoms with Crippen LogP contribution in [0.4, 0.5) is 0 Å². The summed E-state index contributed by atoms with van der Waals surface area (Å²) < 4.78 is 0. The molecule has 2 heteroatoms. The van der Waals surface area contributed by atoms with Gasteiger partial charge in [0.1, 0.15) is 0 Å². The Morgan fingerprint density at radius 2 is 2.18 bits per heavy atom. The maximum Gasteiger partial charge on any atom is 0.0667 e. The minimum Gasteiger partial charge on any atom is -0.392 e. The average molecular weight is 231 g/mol. The van der Waals surface area contributed by atoms with Gasteiger partial charge >= 0.3 is 0 Å². The van der Waals surface area contributed by atoms with Crippen LogP contribution in [-0.4, -0.2) is 35.7 Å². The standard InChI is InChI=1S/C15H21NO/c1-13(10-14-6-3-2-4-7-14)11-16-9-5-8-15(17)12-16/h2-4,6-7,10,15,17H,5,8-9,11-12H2,1H3. The third-order valence-corrected chi connectivity index (χ3v) is 3.17. The zero-order valence-electron chi connectivity index (χ0n) is 10.5. The second-order valence-electron chi connectivity index (χ2n) is 4.93. The fourth-order valence-electron chi connectivity index (χ4n) is 2.41. The van der Waals surface area contributed by atoms with Crippen LogP contribution >= 0.6 is 0 Å². The van der Waals surface area contributed by atoms with Crippen molar-refractivity contribution in [3.05, 3.63) is 41.5 Å². The van der Waals surface area contributed by atoms with Crippen molar-refractivity contribution in [1.82, 2.24) is 4.90 Å². The molecular formula is C15H21NO. The molecule has 0 saturated carbocycles. The maximum absolute atomic E-state index is 9.62. The van der Waals surface area contributed by atoms with Crippen LogP contribution in [0, 0.1) is 0 Å². The van der Waals surface area contributed by atoms with Crippen molar-refractivity contribution in [2.75, 3.05) is 19.6 Å². The van der Waals surface area contributed by atoms with Crippen LogP contribution in [0.3, 0.4) is 0 Å². The van der Waals surface area contributed by atoms with E-state index >= 15 is 0 Å². The molecule has 1 atom stereocenters. The van der Waals surface area contributed by atoms with Crippen LogP contribution in [0.1, 0.15) is 25.3 Å². The lowest BCUT2D eigenvalue weighted by molar-refractivity contribution is 0.0759. The van der Waals surface area contributed by atoms with Gasteiger partial charge in [-0.2, -0.15) is 0 Å². The Bertz CT molecular complexity index is 372. The summed E-state index contributed by atoms with van der Waals surface area (Å²) in [5.41, 5.74) is 2.60. The number of benzene rings is 1. The molecule has 1 aromatic carbocycles. The van der Waals surface area contributed by atoms with Crippen LogP contribution < -0.4 is 0 Å². The monoisotopic (exact) mass is 231 g/mol. The molecule has 17 heavy (non-hydrogen) atoms. The normalized spacial score (nSPS) is 22.7. The number of hydrogen-bond acceptors (Lipinski definition) is 2. The molecule has 2 nitrogen and oxygen atoms in total. The van der Waals surface area contributed by atoms with Crippen molar-refractivity contribution < 1.29 is 5.11 Å². The van der Waals surface area contributed by atoms with E-state index in [0.29, 0.717) is 0 Å². The highest BCUT2D eigenvalue weighted by Gasteiger charge is 2.17. The van der Waals surface area contributed by atoms with E-state index < -0.39 is 0 Å². The molecular weight excluding hydrogens is 210 g/mol. The SMILES string of the molecule is CC(=Cc1ccccc1)CN1CCCC(O)C1. The Balaban J connectivity index is 1.92. The summed E-state index contributed by atoms with van der Waals surface area (Å²) in [6, 6.07) is 10.4. The van der Waals surface area contributed by atoms with Gasteiger partial charge in [-0.3, -0.25) is 4.90 Å². The third kappa shape index (κ3) is 3.99. The van der Waals surface area contributed by atoms with E-state index in [1.54, 1.807) is 0 Å². The molecule has 0 amide bonds. The largest absolute Gasteiger partial charge is 0.392 e. The summed E-state index contributed by atoms with van der Waals surface area (Å²) in [4.78, 5) is 2.34. The van der Waals surface area contributed by atoms with E-state index in [4.69, 9.17) is 0 Å². The summed E-state index contributed by atoms with van der Waals surface area (Å²) in [5, 5.41) is 9.62. The molecule has 1 heterocycles. The smallest absolute Gasteiger partial charge is 0.0667 e. The van der Waals surface area contributed by atoms with Crippen molar-refractivity contribution in [3.63, 3.8) is 0 Å². The number of aliphatic hydroxyl groups is 1. The minimum absolute atomic E-state index is 0.131. The molecule has 2 rings (SSSR count). The Morgan fingerprint density at radius 3 is 2.88 bits per heavy atom. The van der Waals surface area contributed by atoms with E-state index in [9.17, 15) is 5.11 Å². The van der Waals surface area contributed by atoms with E-state index in [0.717, 1.165) is 32.5 Å². The Labute approximate surface area is 104 Å². The number of hydrogen-bond donors (Lipinski definition) is 1. The molecule has 1 fully saturated rings. The summed E-state index contributed by atoms with van der Waals surface area (Å²) >= 11 is 0. The molecule has 0 bridgehead atoms. The quantitative estimate of drug-likeness (QED) is 0.864. The van der Waals surface area contributed by atoms with Gasteiger partial charge in [-0.25, -0.2) is 0 Å². The number of β-amino-alcohol motifs (C(OH)–C–C–N with tert-alkyl or cyclic N) is 1. The number of likely N-dealkylation sites (tertiary alicyclic amines) is 1. The van der Waals surface area contributed by atoms with E-state index in [1.807, 2.05) is 6.07 Å². The molecule has 1 saturated heterocycles. The Morgan fingerprint density at radius 1 is 1.41 bits per heavy atom. The van der Waals surface area contributed by atoms with Gasteiger partial charge in [0.05, 0.1) is 6.10 Å². The number of nitrogens with zero attached hydrogens (tertiary/aromatic N) is 1. The van der Waals surface area contributed by atoms with Crippen molar-refractivity contribution in [3.8, 4) is 0 Å². The molecule has 0 aliphatic carbocycles. The first kappa shape index (κ1) is 12.3. The zero-order chi connectivity index (χ0) is 12.1. The second kappa shape index (κ2) is 5.99. The van der Waals surface area contributed by atoms with Gasteiger partial charge in [0.2, 0.25) is 0 Å². The summed E-state index contributed by atoms with van der Waals surface area (Å²) in [7, 11) is 0. The molecule has 0 spiro atoms. The van der Waals surface area contributed by atoms with Gasteiger partial charge in [-0.1, -0.05) is 42.0 Å². The highest BCUT2D eigenvalue weighted by molar-refractivity contribution is 5.52. The van der Waals surface area contributed by atoms with Gasteiger partial charge in [0, 0.05) is 13.1 Å². The van der Waals surface area contributed by atoms with Crippen LogP contribution in [0.25, 0.3) is 6.08 Å². The van der Waals surface area contributed by atoms with Crippen molar-refractivity contribution in [2.24, 2.45) is 0 Å². The topological polar surface area (TPSA) is 23.5 Å². The van der Waals surface area contributed by atoms with Gasteiger partial charge < -0.3 is 5.11 Å². The van der Waals surface area contributed by atoms with Crippen LogP contribution in [-0.2, 0) is 0 Å². The van der Waals surface area contributed by atoms with Gasteiger partial charge in [-0.15, -0.1) is 0 Å². The van der Waals surface area contributed by atoms with Crippen LogP contribution in [0.2, 0.25) is 0 Å². The number of aliphatic hydroxyl groups excluding tert-OH is 1. The van der Waals surface area contributed by atoms with Gasteiger partial charge in [-0.05, 0) is 31.9 Å². The first-order valence-corrected chi connectivity index (χ1v) is 6.36. The third-order valence-electron chi connectivity index (χ3n) is 3.17. The molecule has 1 aromatic rings. The van der Waals surface area contributed by atoms with E-state index in [-0.39, 0.29) is 6.10 Å². The van der Waals surface area contributed by atoms with E-state index in [2.05, 4.69) is 42.2 Å². The number of rotatable bonds is 3. The number of piperidine rings is 1. The van der Waals surface area contributed by atoms with Crippen LogP contribution in [0.5, 0.6) is 0 Å². The molecule has 0 aromatic heterocycles. The summed E-state index contributed by atoms with van der Waals surface area (Å²) in [5.74, 6) is 0. The lowest BCUT2D eigenvalue weighted by Crippen LogP contribution is -2.38. The average Bonchev–Trinajstić information content (AvgIpc) is 2.30. The molecule has 1 aliphatic heterocycles. The highest BCUT2D eigenvalue weighted by Crippen LogP contribution is 2.13. The molecule has 0 radical (unpaired) electrons. The molecule has 1 unspecified atom stereocenters. The molecule has 1 aliphatic rings. The first-order chi connectivity index (χ1) is 8.24. The molecule has 1 N–H and O–H groups in total. The van der Waals surface area contributed by atoms with Crippen LogP contribution in [0.15, 0.2) is 35.9 Å². The maximum atomic E-state index is 9.62. The Kier molecular flexibility index (Phi) is 4.35. The fraction of sp³-hybridized carbons (Fsp3) is 0.467. The molecule has 92 valence electrons. The summed E-state index contributed by atoms with van der Waals surface area (Å²) in [6.07, 6.45) is 4.16. The lowest BCUT2D eigenvalue weighted by Gasteiger charge is -2.30. The minimum atomic E-state index is -0.131. The first-order valence-electron chi connectivity index (χ1n) is 6.36. The van der Waals surface area contributed by atoms with Gasteiger partial charge in [0.15, 0.2) is 0 Å². The van der Waals surface area contributed by atoms with Crippen molar-refractivity contribution in [2.45, 2.75) is 25.9 Å². The van der Waals surface area contributed by atoms with E-state index in [1.165, 1.54) is 11.1 Å². The zero-order valence-corrected chi connectivity index (χ0v) is 10.5. The summed E-state index contributed by atoms with van der Waals surface area (Å²) in [6.45, 7) is 5.05. The predicted molar refractivity (Wildman–Crippen MR) is 71.8 cm³/mol. The second-order valence-corrected chi connectivity index (χ2v) is 4.93.